The summed E-state index contributed by atoms with van der Waals surface area (Å²) in [7, 11) is 1.43. The summed E-state index contributed by atoms with van der Waals surface area (Å²) in [4.78, 5) is 15.9. The summed E-state index contributed by atoms with van der Waals surface area (Å²) in [6.45, 7) is 4.12. The minimum Gasteiger partial charge on any atom is -0.466 e. The Morgan fingerprint density at radius 2 is 1.28 bits per heavy atom. The molecule has 4 nitrogen and oxygen atoms in total. The fourth-order valence-corrected chi connectivity index (χ4v) is 5.39. The summed E-state index contributed by atoms with van der Waals surface area (Å²) >= 11 is 12.6. The SMILES string of the molecule is COC(=O)C1=C(Nc2ccc(C)cc2)C[C@H](c2ccc(Cl)cc2)N(c2ccc(C)cc2)[C@H]1c1ccc(Cl)cc1. The van der Waals surface area contributed by atoms with Crippen molar-refractivity contribution >= 4 is 40.5 Å². The van der Waals surface area contributed by atoms with Crippen LogP contribution >= 0.6 is 23.2 Å². The molecule has 0 aliphatic carbocycles. The largest absolute Gasteiger partial charge is 0.466 e. The van der Waals surface area contributed by atoms with Gasteiger partial charge in [0.25, 0.3) is 0 Å². The van der Waals surface area contributed by atoms with E-state index in [9.17, 15) is 4.79 Å². The smallest absolute Gasteiger partial charge is 0.337 e. The number of aryl methyl sites for hydroxylation is 2. The average molecular weight is 558 g/mol. The van der Waals surface area contributed by atoms with Gasteiger partial charge in [0, 0.05) is 33.5 Å². The van der Waals surface area contributed by atoms with E-state index in [1.165, 1.54) is 7.11 Å². The lowest BCUT2D eigenvalue weighted by atomic mass is 9.84. The van der Waals surface area contributed by atoms with Gasteiger partial charge in [-0.05, 0) is 73.5 Å². The molecule has 0 spiro atoms. The van der Waals surface area contributed by atoms with Crippen molar-refractivity contribution in [2.45, 2.75) is 32.4 Å². The van der Waals surface area contributed by atoms with Gasteiger partial charge in [0.2, 0.25) is 0 Å². The zero-order valence-corrected chi connectivity index (χ0v) is 23.6. The highest BCUT2D eigenvalue weighted by Crippen LogP contribution is 2.48. The Morgan fingerprint density at radius 1 is 0.769 bits per heavy atom. The second-order valence-corrected chi connectivity index (χ2v) is 10.7. The molecular weight excluding hydrogens is 527 g/mol. The van der Waals surface area contributed by atoms with Crippen molar-refractivity contribution in [1.82, 2.24) is 0 Å². The number of anilines is 2. The standard InChI is InChI=1S/C33H30Cl2N2O2/c1-21-4-16-27(17-5-21)36-29-20-30(23-8-12-25(34)13-9-23)37(28-18-6-22(2)7-19-28)32(31(29)33(38)39-3)24-10-14-26(35)15-11-24/h4-19,30,32,36H,20H2,1-3H3/t30-,32+/m1/s1. The van der Waals surface area contributed by atoms with Crippen LogP contribution in [0.1, 0.15) is 40.8 Å². The van der Waals surface area contributed by atoms with Crippen molar-refractivity contribution in [2.24, 2.45) is 0 Å². The maximum Gasteiger partial charge on any atom is 0.337 e. The van der Waals surface area contributed by atoms with E-state index in [0.717, 1.165) is 39.3 Å². The van der Waals surface area contributed by atoms with Crippen molar-refractivity contribution in [3.63, 3.8) is 0 Å². The van der Waals surface area contributed by atoms with Crippen LogP contribution in [0.25, 0.3) is 0 Å². The van der Waals surface area contributed by atoms with Crippen LogP contribution in [0, 0.1) is 13.8 Å². The maximum atomic E-state index is 13.6. The van der Waals surface area contributed by atoms with Crippen LogP contribution in [-0.4, -0.2) is 13.1 Å². The van der Waals surface area contributed by atoms with Gasteiger partial charge in [0.1, 0.15) is 0 Å². The third-order valence-electron chi connectivity index (χ3n) is 7.13. The van der Waals surface area contributed by atoms with E-state index in [4.69, 9.17) is 27.9 Å². The number of nitrogens with zero attached hydrogens (tertiary/aromatic N) is 1. The Balaban J connectivity index is 1.77. The lowest BCUT2D eigenvalue weighted by molar-refractivity contribution is -0.136. The fourth-order valence-electron chi connectivity index (χ4n) is 5.14. The van der Waals surface area contributed by atoms with Crippen molar-refractivity contribution < 1.29 is 9.53 Å². The first kappa shape index (κ1) is 26.9. The molecule has 4 aromatic carbocycles. The summed E-state index contributed by atoms with van der Waals surface area (Å²) in [6, 6.07) is 31.6. The highest BCUT2D eigenvalue weighted by atomic mass is 35.5. The molecule has 1 aliphatic heterocycles. The number of hydrogen-bond acceptors (Lipinski definition) is 4. The average Bonchev–Trinajstić information content (AvgIpc) is 2.95. The highest BCUT2D eigenvalue weighted by Gasteiger charge is 2.41. The molecule has 0 aromatic heterocycles. The normalized spacial score (nSPS) is 17.2. The number of hydrogen-bond donors (Lipinski definition) is 1. The topological polar surface area (TPSA) is 41.6 Å². The van der Waals surface area contributed by atoms with Crippen LogP contribution in [-0.2, 0) is 9.53 Å². The molecule has 1 N–H and O–H groups in total. The Kier molecular flexibility index (Phi) is 7.97. The van der Waals surface area contributed by atoms with Gasteiger partial charge in [-0.1, -0.05) is 82.9 Å². The van der Waals surface area contributed by atoms with E-state index in [1.807, 2.05) is 48.5 Å². The first-order valence-electron chi connectivity index (χ1n) is 12.8. The lowest BCUT2D eigenvalue weighted by Gasteiger charge is -2.46. The van der Waals surface area contributed by atoms with Crippen molar-refractivity contribution in [2.75, 3.05) is 17.3 Å². The van der Waals surface area contributed by atoms with Crippen LogP contribution in [0.15, 0.2) is 108 Å². The summed E-state index contributed by atoms with van der Waals surface area (Å²) < 4.78 is 5.41. The fraction of sp³-hybridized carbons (Fsp3) is 0.182. The van der Waals surface area contributed by atoms with Gasteiger partial charge in [0.15, 0.2) is 0 Å². The van der Waals surface area contributed by atoms with E-state index < -0.39 is 6.04 Å². The first-order chi connectivity index (χ1) is 18.8. The van der Waals surface area contributed by atoms with E-state index in [-0.39, 0.29) is 12.0 Å². The van der Waals surface area contributed by atoms with Crippen LogP contribution in [0.2, 0.25) is 10.0 Å². The number of methoxy groups -OCH3 is 1. The molecular formula is C33H30Cl2N2O2. The maximum absolute atomic E-state index is 13.6. The molecule has 4 aromatic rings. The van der Waals surface area contributed by atoms with Gasteiger partial charge in [-0.3, -0.25) is 0 Å². The summed E-state index contributed by atoms with van der Waals surface area (Å²) in [5.74, 6) is -0.378. The number of esters is 1. The minimum absolute atomic E-state index is 0.105. The van der Waals surface area contributed by atoms with E-state index in [2.05, 4.69) is 72.6 Å². The Bertz CT molecular complexity index is 1480. The van der Waals surface area contributed by atoms with E-state index in [0.29, 0.717) is 22.0 Å². The summed E-state index contributed by atoms with van der Waals surface area (Å²) in [5.41, 5.74) is 7.62. The molecule has 1 heterocycles. The summed E-state index contributed by atoms with van der Waals surface area (Å²) in [6.07, 6.45) is 0.553. The Labute approximate surface area is 239 Å². The molecule has 0 amide bonds. The quantitative estimate of drug-likeness (QED) is 0.241. The molecule has 0 saturated heterocycles. The predicted molar refractivity (Wildman–Crippen MR) is 161 cm³/mol. The number of benzene rings is 4. The van der Waals surface area contributed by atoms with E-state index >= 15 is 0 Å². The number of halogens is 2. The zero-order valence-electron chi connectivity index (χ0n) is 22.1. The van der Waals surface area contributed by atoms with Crippen LogP contribution < -0.4 is 10.2 Å². The van der Waals surface area contributed by atoms with Crippen LogP contribution in [0.5, 0.6) is 0 Å². The number of rotatable bonds is 6. The molecule has 6 heteroatoms. The second-order valence-electron chi connectivity index (χ2n) is 9.84. The predicted octanol–water partition coefficient (Wildman–Crippen LogP) is 8.84. The summed E-state index contributed by atoms with van der Waals surface area (Å²) in [5, 5.41) is 4.88. The number of carbonyl (C=O) groups excluding carboxylic acids is 1. The van der Waals surface area contributed by atoms with E-state index in [1.54, 1.807) is 0 Å². The zero-order chi connectivity index (χ0) is 27.5. The highest BCUT2D eigenvalue weighted by molar-refractivity contribution is 6.30. The monoisotopic (exact) mass is 556 g/mol. The molecule has 2 atom stereocenters. The molecule has 39 heavy (non-hydrogen) atoms. The first-order valence-corrected chi connectivity index (χ1v) is 13.6. The third-order valence-corrected chi connectivity index (χ3v) is 7.64. The van der Waals surface area contributed by atoms with Gasteiger partial charge >= 0.3 is 5.97 Å². The number of ether oxygens (including phenoxy) is 1. The Hall–Kier alpha value is -3.73. The van der Waals surface area contributed by atoms with Gasteiger partial charge < -0.3 is 15.0 Å². The molecule has 5 rings (SSSR count). The molecule has 0 radical (unpaired) electrons. The van der Waals surface area contributed by atoms with Crippen molar-refractivity contribution in [3.05, 3.63) is 141 Å². The number of nitrogens with one attached hydrogen (secondary N) is 1. The molecule has 1 aliphatic rings. The van der Waals surface area contributed by atoms with Crippen LogP contribution in [0.3, 0.4) is 0 Å². The lowest BCUT2D eigenvalue weighted by Crippen LogP contribution is -2.41. The van der Waals surface area contributed by atoms with Crippen LogP contribution in [0.4, 0.5) is 11.4 Å². The molecule has 0 saturated carbocycles. The number of carbonyl (C=O) groups is 1. The van der Waals surface area contributed by atoms with Gasteiger partial charge in [-0.15, -0.1) is 0 Å². The molecule has 0 unspecified atom stereocenters. The van der Waals surface area contributed by atoms with Crippen molar-refractivity contribution in [1.29, 1.82) is 0 Å². The van der Waals surface area contributed by atoms with Gasteiger partial charge in [-0.2, -0.15) is 0 Å². The van der Waals surface area contributed by atoms with Gasteiger partial charge in [-0.25, -0.2) is 4.79 Å². The second kappa shape index (κ2) is 11.6. The van der Waals surface area contributed by atoms with Gasteiger partial charge in [0.05, 0.1) is 24.8 Å². The Morgan fingerprint density at radius 3 is 1.82 bits per heavy atom. The van der Waals surface area contributed by atoms with Crippen molar-refractivity contribution in [3.8, 4) is 0 Å². The minimum atomic E-state index is -0.445. The molecule has 0 bridgehead atoms. The molecule has 0 fully saturated rings. The molecule has 198 valence electrons. The third kappa shape index (κ3) is 5.83.